The number of halogens is 4. The number of aromatic nitrogens is 4. The monoisotopic (exact) mass is 500 g/mol. The van der Waals surface area contributed by atoms with Gasteiger partial charge in [-0.15, -0.1) is 0 Å². The molecular weight excluding hydrogens is 494 g/mol. The van der Waals surface area contributed by atoms with Gasteiger partial charge in [0.2, 0.25) is 0 Å². The molecule has 0 spiro atoms. The molecule has 4 heterocycles. The van der Waals surface area contributed by atoms with Gasteiger partial charge in [-0.05, 0) is 37.9 Å². The van der Waals surface area contributed by atoms with Crippen molar-refractivity contribution in [2.24, 2.45) is 0 Å². The Labute approximate surface area is 166 Å². The van der Waals surface area contributed by atoms with Gasteiger partial charge in [-0.3, -0.25) is 4.79 Å². The zero-order valence-corrected chi connectivity index (χ0v) is 16.2. The molecule has 27 heavy (non-hydrogen) atoms. The first kappa shape index (κ1) is 19.1. The van der Waals surface area contributed by atoms with Crippen LogP contribution in [0.5, 0.6) is 0 Å². The lowest BCUT2D eigenvalue weighted by atomic mass is 10.1. The van der Waals surface area contributed by atoms with Gasteiger partial charge in [-0.2, -0.15) is 0 Å². The van der Waals surface area contributed by atoms with Gasteiger partial charge in [0.05, 0.1) is 34.4 Å². The first-order chi connectivity index (χ1) is 12.8. The van der Waals surface area contributed by atoms with E-state index in [1.54, 1.807) is 12.3 Å². The van der Waals surface area contributed by atoms with Crippen molar-refractivity contribution >= 4 is 65.4 Å². The predicted octanol–water partition coefficient (Wildman–Crippen LogP) is 4.20. The van der Waals surface area contributed by atoms with Gasteiger partial charge in [-0.25, -0.2) is 23.5 Å². The third-order valence-electron chi connectivity index (χ3n) is 3.56. The molecule has 0 aliphatic rings. The van der Waals surface area contributed by atoms with Crippen molar-refractivity contribution in [3.05, 3.63) is 57.3 Å². The largest absolute Gasteiger partial charge is 0.475 e. The lowest BCUT2D eigenvalue weighted by molar-refractivity contribution is -0.131. The number of carbonyl (C=O) groups is 2. The number of pyridine rings is 2. The second-order valence-corrected chi connectivity index (χ2v) is 6.65. The number of carboxylic acids is 1. The van der Waals surface area contributed by atoms with Crippen molar-refractivity contribution in [1.29, 1.82) is 0 Å². The van der Waals surface area contributed by atoms with Crippen LogP contribution in [0, 0.1) is 11.6 Å². The first-order valence-corrected chi connectivity index (χ1v) is 8.75. The Balaban J connectivity index is 0.000000166. The highest BCUT2D eigenvalue weighted by Crippen LogP contribution is 2.26. The van der Waals surface area contributed by atoms with E-state index in [1.165, 1.54) is 6.20 Å². The molecule has 0 radical (unpaired) electrons. The summed E-state index contributed by atoms with van der Waals surface area (Å²) in [5, 5.41) is 9.05. The minimum Gasteiger partial charge on any atom is -0.475 e. The molecule has 0 aliphatic carbocycles. The van der Waals surface area contributed by atoms with Crippen LogP contribution in [0.3, 0.4) is 0 Å². The van der Waals surface area contributed by atoms with Crippen LogP contribution < -0.4 is 0 Å². The van der Waals surface area contributed by atoms with E-state index in [0.29, 0.717) is 20.1 Å². The van der Waals surface area contributed by atoms with Crippen molar-refractivity contribution in [1.82, 2.24) is 19.9 Å². The van der Waals surface area contributed by atoms with E-state index in [4.69, 9.17) is 5.11 Å². The summed E-state index contributed by atoms with van der Waals surface area (Å²) in [6.45, 7) is 0. The molecule has 4 aromatic heterocycles. The highest BCUT2D eigenvalue weighted by molar-refractivity contribution is 9.10. The molecule has 0 aromatic carbocycles. The van der Waals surface area contributed by atoms with E-state index in [-0.39, 0.29) is 22.3 Å². The van der Waals surface area contributed by atoms with Gasteiger partial charge in [0.1, 0.15) is 9.21 Å². The molecule has 0 aliphatic heterocycles. The summed E-state index contributed by atoms with van der Waals surface area (Å²) in [7, 11) is 0. The molecule has 4 aromatic rings. The number of fused-ring (bicyclic) bond motifs is 2. The van der Waals surface area contributed by atoms with E-state index in [9.17, 15) is 18.4 Å². The fourth-order valence-electron chi connectivity index (χ4n) is 2.36. The van der Waals surface area contributed by atoms with Crippen LogP contribution in [0.25, 0.3) is 21.8 Å². The average Bonchev–Trinajstić information content (AvgIpc) is 3.29. The first-order valence-electron chi connectivity index (χ1n) is 7.17. The standard InChI is InChI=1S/C9H4BrFN2O3.C7H4BrFN2/c10-8-6-5(4(11)2-13-8)3(1-12-6)7(14)9(15)16;8-7-6-4(1-2-10-6)5(9)3-11-7/h1-2,12H,(H,15,16);1-3,10H. The fourth-order valence-corrected chi connectivity index (χ4v) is 3.20. The molecule has 3 N–H and O–H groups in total. The summed E-state index contributed by atoms with van der Waals surface area (Å²) in [5.74, 6) is -3.84. The van der Waals surface area contributed by atoms with Crippen molar-refractivity contribution in [3.63, 3.8) is 0 Å². The van der Waals surface area contributed by atoms with Gasteiger partial charge in [0.25, 0.3) is 5.78 Å². The Bertz CT molecular complexity index is 1150. The smallest absolute Gasteiger partial charge is 0.377 e. The molecular formula is C16H8Br2F2N4O3. The number of rotatable bonds is 2. The van der Waals surface area contributed by atoms with E-state index in [0.717, 1.165) is 12.4 Å². The topological polar surface area (TPSA) is 112 Å². The number of carbonyl (C=O) groups excluding carboxylic acids is 1. The van der Waals surface area contributed by atoms with Gasteiger partial charge in [0.15, 0.2) is 11.6 Å². The highest BCUT2D eigenvalue weighted by atomic mass is 79.9. The van der Waals surface area contributed by atoms with Crippen LogP contribution in [0.2, 0.25) is 0 Å². The van der Waals surface area contributed by atoms with Gasteiger partial charge in [-0.1, -0.05) is 0 Å². The Morgan fingerprint density at radius 3 is 2.26 bits per heavy atom. The van der Waals surface area contributed by atoms with Crippen LogP contribution >= 0.6 is 31.9 Å². The number of hydrogen-bond donors (Lipinski definition) is 3. The predicted molar refractivity (Wildman–Crippen MR) is 99.5 cm³/mol. The van der Waals surface area contributed by atoms with Crippen LogP contribution in [0.15, 0.2) is 40.1 Å². The third-order valence-corrected chi connectivity index (χ3v) is 4.76. The Kier molecular flexibility index (Phi) is 5.33. The Hall–Kier alpha value is -2.66. The molecule has 11 heteroatoms. The lowest BCUT2D eigenvalue weighted by Gasteiger charge is -1.97. The molecule has 138 valence electrons. The summed E-state index contributed by atoms with van der Waals surface area (Å²) in [6, 6.07) is 1.68. The van der Waals surface area contributed by atoms with Crippen LogP contribution in [-0.4, -0.2) is 36.8 Å². The van der Waals surface area contributed by atoms with E-state index >= 15 is 0 Å². The zero-order chi connectivity index (χ0) is 19.7. The minimum absolute atomic E-state index is 0.0747. The maximum atomic E-state index is 13.4. The summed E-state index contributed by atoms with van der Waals surface area (Å²) in [6.07, 6.45) is 4.94. The number of carboxylic acid groups (broad SMARTS) is 1. The van der Waals surface area contributed by atoms with Crippen LogP contribution in [-0.2, 0) is 4.79 Å². The second kappa shape index (κ2) is 7.53. The van der Waals surface area contributed by atoms with Crippen LogP contribution in [0.4, 0.5) is 8.78 Å². The quantitative estimate of drug-likeness (QED) is 0.216. The number of aliphatic carboxylic acids is 1. The second-order valence-electron chi connectivity index (χ2n) is 5.15. The van der Waals surface area contributed by atoms with Crippen molar-refractivity contribution in [2.75, 3.05) is 0 Å². The maximum absolute atomic E-state index is 13.4. The molecule has 0 saturated heterocycles. The summed E-state index contributed by atoms with van der Waals surface area (Å²) < 4.78 is 27.3. The van der Waals surface area contributed by atoms with Gasteiger partial charge in [0, 0.05) is 17.8 Å². The number of nitrogens with zero attached hydrogens (tertiary/aromatic N) is 2. The summed E-state index contributed by atoms with van der Waals surface area (Å²) >= 11 is 6.26. The van der Waals surface area contributed by atoms with Crippen molar-refractivity contribution < 1.29 is 23.5 Å². The number of aromatic amines is 2. The Morgan fingerprint density at radius 1 is 1.00 bits per heavy atom. The normalized spacial score (nSPS) is 10.7. The van der Waals surface area contributed by atoms with Gasteiger partial charge >= 0.3 is 5.97 Å². The van der Waals surface area contributed by atoms with Crippen molar-refractivity contribution in [2.45, 2.75) is 0 Å². The number of ketones is 1. The van der Waals surface area contributed by atoms with Crippen molar-refractivity contribution in [3.8, 4) is 0 Å². The third kappa shape index (κ3) is 3.60. The number of nitrogens with one attached hydrogen (secondary N) is 2. The molecule has 0 bridgehead atoms. The van der Waals surface area contributed by atoms with Gasteiger partial charge < -0.3 is 15.1 Å². The molecule has 0 atom stereocenters. The average molecular weight is 502 g/mol. The van der Waals surface area contributed by atoms with Crippen LogP contribution in [0.1, 0.15) is 10.4 Å². The zero-order valence-electron chi connectivity index (χ0n) is 13.1. The molecule has 0 saturated carbocycles. The van der Waals surface area contributed by atoms with E-state index in [2.05, 4.69) is 51.8 Å². The molecule has 4 rings (SSSR count). The molecule has 7 nitrogen and oxygen atoms in total. The SMILES string of the molecule is Fc1cnc(Br)c2[nH]ccc12.O=C(O)C(=O)c1c[nH]c2c(Br)ncc(F)c12. The Morgan fingerprint density at radius 2 is 1.63 bits per heavy atom. The number of H-pyrrole nitrogens is 2. The summed E-state index contributed by atoms with van der Waals surface area (Å²) in [4.78, 5) is 34.7. The minimum atomic E-state index is -1.63. The molecule has 0 amide bonds. The summed E-state index contributed by atoms with van der Waals surface area (Å²) in [5.41, 5.74) is 0.734. The number of hydrogen-bond acceptors (Lipinski definition) is 4. The fraction of sp³-hybridized carbons (Fsp3) is 0. The molecule has 0 unspecified atom stereocenters. The molecule has 0 fully saturated rings. The highest BCUT2D eigenvalue weighted by Gasteiger charge is 2.22. The van der Waals surface area contributed by atoms with E-state index < -0.39 is 17.6 Å². The lowest BCUT2D eigenvalue weighted by Crippen LogP contribution is -2.12. The number of Topliss-reactive ketones (excluding diaryl/α,β-unsaturated/α-hetero) is 1. The maximum Gasteiger partial charge on any atom is 0.377 e. The van der Waals surface area contributed by atoms with E-state index in [1.807, 2.05) is 0 Å².